The van der Waals surface area contributed by atoms with Crippen molar-refractivity contribution < 1.29 is 4.74 Å². The summed E-state index contributed by atoms with van der Waals surface area (Å²) in [4.78, 5) is 6.62. The summed E-state index contributed by atoms with van der Waals surface area (Å²) < 4.78 is 7.86. The van der Waals surface area contributed by atoms with Gasteiger partial charge >= 0.3 is 0 Å². The Hall–Kier alpha value is -0.910. The largest absolute Gasteiger partial charge is 0.374 e. The van der Waals surface area contributed by atoms with Crippen LogP contribution in [-0.4, -0.2) is 53.3 Å². The highest BCUT2D eigenvalue weighted by Crippen LogP contribution is 2.10. The Morgan fingerprint density at radius 1 is 1.65 bits per heavy atom. The molecule has 2 rings (SSSR count). The molecule has 0 radical (unpaired) electrons. The van der Waals surface area contributed by atoms with E-state index < -0.39 is 0 Å². The Balaban J connectivity index is 1.94. The second-order valence-corrected chi connectivity index (χ2v) is 4.67. The predicted octanol–water partition coefficient (Wildman–Crippen LogP) is 0.103. The van der Waals surface area contributed by atoms with Gasteiger partial charge in [-0.3, -0.25) is 0 Å². The van der Waals surface area contributed by atoms with E-state index in [1.54, 1.807) is 0 Å². The Morgan fingerprint density at radius 3 is 3.18 bits per heavy atom. The molecule has 1 saturated heterocycles. The van der Waals surface area contributed by atoms with E-state index in [9.17, 15) is 0 Å². The molecule has 1 fully saturated rings. The van der Waals surface area contributed by atoms with Gasteiger partial charge in [0.15, 0.2) is 0 Å². The summed E-state index contributed by atoms with van der Waals surface area (Å²) >= 11 is 0. The molecule has 0 aromatic carbocycles. The first kappa shape index (κ1) is 12.5. The first-order valence-corrected chi connectivity index (χ1v) is 6.26. The molecule has 2 unspecified atom stereocenters. The lowest BCUT2D eigenvalue weighted by atomic mass is 10.1. The normalized spacial score (nSPS) is 23.8. The standard InChI is InChI=1S/C12H22N4O/c1-3-16-5-4-14-12(16)8-10(13)11-9-15(2)6-7-17-11/h4-5,10-11H,3,6-9,13H2,1-2H3. The fourth-order valence-electron chi connectivity index (χ4n) is 2.23. The van der Waals surface area contributed by atoms with Gasteiger partial charge in [-0.1, -0.05) is 0 Å². The first-order valence-electron chi connectivity index (χ1n) is 6.26. The highest BCUT2D eigenvalue weighted by atomic mass is 16.5. The molecule has 2 heterocycles. The number of imidazole rings is 1. The van der Waals surface area contributed by atoms with Gasteiger partial charge in [0.05, 0.1) is 12.7 Å². The highest BCUT2D eigenvalue weighted by Gasteiger charge is 2.25. The molecule has 5 heteroatoms. The maximum Gasteiger partial charge on any atom is 0.110 e. The summed E-state index contributed by atoms with van der Waals surface area (Å²) in [5.74, 6) is 1.05. The predicted molar refractivity (Wildman–Crippen MR) is 66.8 cm³/mol. The maximum absolute atomic E-state index is 6.22. The number of morpholine rings is 1. The third-order valence-corrected chi connectivity index (χ3v) is 3.33. The summed E-state index contributed by atoms with van der Waals surface area (Å²) in [6.07, 6.45) is 4.73. The topological polar surface area (TPSA) is 56.3 Å². The molecule has 0 aliphatic carbocycles. The second kappa shape index (κ2) is 5.62. The van der Waals surface area contributed by atoms with E-state index in [1.165, 1.54) is 0 Å². The van der Waals surface area contributed by atoms with Crippen molar-refractivity contribution >= 4 is 0 Å². The zero-order chi connectivity index (χ0) is 12.3. The molecular formula is C12H22N4O. The average molecular weight is 238 g/mol. The summed E-state index contributed by atoms with van der Waals surface area (Å²) in [5.41, 5.74) is 6.22. The van der Waals surface area contributed by atoms with E-state index in [1.807, 2.05) is 12.4 Å². The average Bonchev–Trinajstić information content (AvgIpc) is 2.76. The molecule has 0 amide bonds. The smallest absolute Gasteiger partial charge is 0.110 e. The Labute approximate surface area is 103 Å². The van der Waals surface area contributed by atoms with Crippen molar-refractivity contribution in [2.24, 2.45) is 5.73 Å². The highest BCUT2D eigenvalue weighted by molar-refractivity contribution is 4.97. The van der Waals surface area contributed by atoms with Crippen LogP contribution in [0.4, 0.5) is 0 Å². The van der Waals surface area contributed by atoms with Crippen molar-refractivity contribution in [3.63, 3.8) is 0 Å². The van der Waals surface area contributed by atoms with Crippen LogP contribution < -0.4 is 5.73 Å². The molecule has 2 atom stereocenters. The van der Waals surface area contributed by atoms with E-state index in [-0.39, 0.29) is 12.1 Å². The molecule has 0 saturated carbocycles. The van der Waals surface area contributed by atoms with E-state index in [4.69, 9.17) is 10.5 Å². The van der Waals surface area contributed by atoms with Gasteiger partial charge in [-0.05, 0) is 14.0 Å². The van der Waals surface area contributed by atoms with Crippen molar-refractivity contribution in [2.45, 2.75) is 32.0 Å². The molecule has 1 aliphatic heterocycles. The number of hydrogen-bond acceptors (Lipinski definition) is 4. The lowest BCUT2D eigenvalue weighted by Gasteiger charge is -2.33. The van der Waals surface area contributed by atoms with Gasteiger partial charge in [0.25, 0.3) is 0 Å². The van der Waals surface area contributed by atoms with Crippen LogP contribution in [0.5, 0.6) is 0 Å². The van der Waals surface area contributed by atoms with Gasteiger partial charge in [0, 0.05) is 44.5 Å². The summed E-state index contributed by atoms with van der Waals surface area (Å²) in [6.45, 7) is 5.73. The quantitative estimate of drug-likeness (QED) is 0.808. The minimum absolute atomic E-state index is 0.0189. The van der Waals surface area contributed by atoms with Crippen LogP contribution in [0.15, 0.2) is 12.4 Å². The van der Waals surface area contributed by atoms with Crippen LogP contribution in [0.2, 0.25) is 0 Å². The van der Waals surface area contributed by atoms with Crippen molar-refractivity contribution in [2.75, 3.05) is 26.7 Å². The zero-order valence-corrected chi connectivity index (χ0v) is 10.7. The van der Waals surface area contributed by atoms with Crippen LogP contribution in [0.25, 0.3) is 0 Å². The van der Waals surface area contributed by atoms with Crippen molar-refractivity contribution in [1.82, 2.24) is 14.5 Å². The minimum atomic E-state index is 0.0189. The van der Waals surface area contributed by atoms with E-state index >= 15 is 0 Å². The molecule has 5 nitrogen and oxygen atoms in total. The Morgan fingerprint density at radius 2 is 2.47 bits per heavy atom. The number of hydrogen-bond donors (Lipinski definition) is 1. The van der Waals surface area contributed by atoms with Gasteiger partial charge in [-0.2, -0.15) is 0 Å². The fraction of sp³-hybridized carbons (Fsp3) is 0.750. The SMILES string of the molecule is CCn1ccnc1CC(N)C1CN(C)CCO1. The monoisotopic (exact) mass is 238 g/mol. The van der Waals surface area contributed by atoms with Crippen LogP contribution in [0, 0.1) is 0 Å². The summed E-state index contributed by atoms with van der Waals surface area (Å²) in [5, 5.41) is 0. The van der Waals surface area contributed by atoms with Crippen molar-refractivity contribution in [1.29, 1.82) is 0 Å². The molecule has 0 spiro atoms. The number of aromatic nitrogens is 2. The van der Waals surface area contributed by atoms with Crippen LogP contribution in [0.1, 0.15) is 12.7 Å². The van der Waals surface area contributed by atoms with Gasteiger partial charge in [0.2, 0.25) is 0 Å². The van der Waals surface area contributed by atoms with Gasteiger partial charge in [-0.25, -0.2) is 4.98 Å². The van der Waals surface area contributed by atoms with Crippen LogP contribution in [0.3, 0.4) is 0 Å². The fourth-order valence-corrected chi connectivity index (χ4v) is 2.23. The molecule has 17 heavy (non-hydrogen) atoms. The minimum Gasteiger partial charge on any atom is -0.374 e. The number of nitrogens with two attached hydrogens (primary N) is 1. The lowest BCUT2D eigenvalue weighted by Crippen LogP contribution is -2.50. The zero-order valence-electron chi connectivity index (χ0n) is 10.7. The number of aryl methyl sites for hydroxylation is 1. The van der Waals surface area contributed by atoms with Crippen LogP contribution in [-0.2, 0) is 17.7 Å². The number of nitrogens with zero attached hydrogens (tertiary/aromatic N) is 3. The van der Waals surface area contributed by atoms with Gasteiger partial charge in [-0.15, -0.1) is 0 Å². The lowest BCUT2D eigenvalue weighted by molar-refractivity contribution is -0.0322. The first-order chi connectivity index (χ1) is 8.20. The van der Waals surface area contributed by atoms with E-state index in [0.29, 0.717) is 0 Å². The molecule has 1 aromatic rings. The van der Waals surface area contributed by atoms with Crippen molar-refractivity contribution in [3.05, 3.63) is 18.2 Å². The maximum atomic E-state index is 6.22. The number of ether oxygens (including phenoxy) is 1. The Bertz CT molecular complexity index is 352. The molecule has 96 valence electrons. The molecule has 1 aromatic heterocycles. The van der Waals surface area contributed by atoms with E-state index in [2.05, 4.69) is 28.4 Å². The molecule has 1 aliphatic rings. The Kier molecular flexibility index (Phi) is 4.15. The molecular weight excluding hydrogens is 216 g/mol. The van der Waals surface area contributed by atoms with Gasteiger partial charge in [0.1, 0.15) is 5.82 Å². The third kappa shape index (κ3) is 3.06. The summed E-state index contributed by atoms with van der Waals surface area (Å²) in [7, 11) is 2.11. The second-order valence-electron chi connectivity index (χ2n) is 4.67. The van der Waals surface area contributed by atoms with Crippen molar-refractivity contribution in [3.8, 4) is 0 Å². The number of likely N-dealkylation sites (N-methyl/N-ethyl adjacent to an activating group) is 1. The van der Waals surface area contributed by atoms with E-state index in [0.717, 1.165) is 38.5 Å². The third-order valence-electron chi connectivity index (χ3n) is 3.33. The number of rotatable bonds is 4. The molecule has 2 N–H and O–H groups in total. The summed E-state index contributed by atoms with van der Waals surface area (Å²) in [6, 6.07) is 0.0189. The van der Waals surface area contributed by atoms with Crippen LogP contribution >= 0.6 is 0 Å². The van der Waals surface area contributed by atoms with Gasteiger partial charge < -0.3 is 19.9 Å². The molecule has 0 bridgehead atoms.